The molecule has 6 nitrogen and oxygen atoms in total. The summed E-state index contributed by atoms with van der Waals surface area (Å²) in [5, 5.41) is 6.60. The molecule has 0 aliphatic heterocycles. The van der Waals surface area contributed by atoms with Gasteiger partial charge in [-0.05, 0) is 42.8 Å². The van der Waals surface area contributed by atoms with E-state index in [1.54, 1.807) is 12.3 Å². The number of rotatable bonds is 4. The average Bonchev–Trinajstić information content (AvgIpc) is 2.74. The molecule has 0 aliphatic carbocycles. The van der Waals surface area contributed by atoms with Gasteiger partial charge in [0, 0.05) is 29.7 Å². The number of carbonyl (C=O) groups is 2. The van der Waals surface area contributed by atoms with Gasteiger partial charge in [-0.25, -0.2) is 0 Å². The molecule has 2 heterocycles. The van der Waals surface area contributed by atoms with E-state index in [-0.39, 0.29) is 17.4 Å². The first-order valence-corrected chi connectivity index (χ1v) is 9.08. The highest BCUT2D eigenvalue weighted by molar-refractivity contribution is 6.10. The number of amides is 2. The Kier molecular flexibility index (Phi) is 4.99. The lowest BCUT2D eigenvalue weighted by Gasteiger charge is -2.09. The van der Waals surface area contributed by atoms with Gasteiger partial charge >= 0.3 is 0 Å². The van der Waals surface area contributed by atoms with E-state index in [1.165, 1.54) is 18.5 Å². The number of carbonyl (C=O) groups excluding carboxylic acids is 2. The van der Waals surface area contributed by atoms with Crippen molar-refractivity contribution >= 4 is 34.1 Å². The molecule has 2 amide bonds. The van der Waals surface area contributed by atoms with E-state index < -0.39 is 0 Å². The van der Waals surface area contributed by atoms with Crippen LogP contribution in [-0.4, -0.2) is 21.8 Å². The van der Waals surface area contributed by atoms with Gasteiger partial charge in [0.1, 0.15) is 0 Å². The summed E-state index contributed by atoms with van der Waals surface area (Å²) in [4.78, 5) is 33.7. The Morgan fingerprint density at radius 1 is 0.828 bits per heavy atom. The summed E-state index contributed by atoms with van der Waals surface area (Å²) in [5.74, 6) is -0.689. The van der Waals surface area contributed by atoms with E-state index in [0.717, 1.165) is 10.9 Å². The Morgan fingerprint density at radius 3 is 2.34 bits per heavy atom. The smallest absolute Gasteiger partial charge is 0.257 e. The standard InChI is InChI=1S/C23H18N4O2/c1-15-5-2-8-19(11-15)26-22(28)17-12-18(14-24-13-17)23(29)27-20-9-3-6-16-7-4-10-25-21(16)20/h2-14H,1H3,(H,26,28)(H,27,29). The molecular weight excluding hydrogens is 364 g/mol. The number of anilines is 2. The number of aromatic nitrogens is 2. The molecule has 0 fully saturated rings. The third-order valence-corrected chi connectivity index (χ3v) is 4.42. The molecule has 0 aliphatic rings. The Morgan fingerprint density at radius 2 is 1.55 bits per heavy atom. The highest BCUT2D eigenvalue weighted by Crippen LogP contribution is 2.21. The maximum atomic E-state index is 12.7. The van der Waals surface area contributed by atoms with Gasteiger partial charge in [-0.15, -0.1) is 0 Å². The predicted molar refractivity (Wildman–Crippen MR) is 113 cm³/mol. The van der Waals surface area contributed by atoms with Crippen LogP contribution in [0.4, 0.5) is 11.4 Å². The topological polar surface area (TPSA) is 84.0 Å². The third kappa shape index (κ3) is 4.11. The second-order valence-corrected chi connectivity index (χ2v) is 6.62. The van der Waals surface area contributed by atoms with E-state index >= 15 is 0 Å². The van der Waals surface area contributed by atoms with Gasteiger partial charge in [-0.3, -0.25) is 19.6 Å². The second-order valence-electron chi connectivity index (χ2n) is 6.62. The van der Waals surface area contributed by atoms with Gasteiger partial charge in [0.2, 0.25) is 0 Å². The predicted octanol–water partition coefficient (Wildman–Crippen LogP) is 4.44. The molecule has 2 N–H and O–H groups in total. The van der Waals surface area contributed by atoms with Crippen LogP contribution in [0.15, 0.2) is 79.3 Å². The van der Waals surface area contributed by atoms with Crippen LogP contribution in [0.25, 0.3) is 10.9 Å². The lowest BCUT2D eigenvalue weighted by atomic mass is 10.1. The first-order chi connectivity index (χ1) is 14.1. The Balaban J connectivity index is 1.55. The van der Waals surface area contributed by atoms with Crippen LogP contribution in [0.3, 0.4) is 0 Å². The second kappa shape index (κ2) is 7.90. The van der Waals surface area contributed by atoms with Gasteiger partial charge in [0.25, 0.3) is 11.8 Å². The summed E-state index contributed by atoms with van der Waals surface area (Å²) in [6, 6.07) is 18.3. The summed E-state index contributed by atoms with van der Waals surface area (Å²) in [6.45, 7) is 1.95. The zero-order chi connectivity index (χ0) is 20.2. The SMILES string of the molecule is Cc1cccc(NC(=O)c2cncc(C(=O)Nc3cccc4cccnc34)c2)c1. The molecule has 0 bridgehead atoms. The molecule has 0 spiro atoms. The highest BCUT2D eigenvalue weighted by Gasteiger charge is 2.13. The van der Waals surface area contributed by atoms with Crippen molar-refractivity contribution in [2.45, 2.75) is 6.92 Å². The number of aryl methyl sites for hydroxylation is 1. The minimum absolute atomic E-state index is 0.287. The molecule has 2 aromatic heterocycles. The van der Waals surface area contributed by atoms with E-state index in [1.807, 2.05) is 55.5 Å². The van der Waals surface area contributed by atoms with Crippen LogP contribution in [0, 0.1) is 6.92 Å². The number of pyridine rings is 2. The van der Waals surface area contributed by atoms with Crippen molar-refractivity contribution in [3.63, 3.8) is 0 Å². The zero-order valence-corrected chi connectivity index (χ0v) is 15.7. The lowest BCUT2D eigenvalue weighted by molar-refractivity contribution is 0.102. The Labute approximate surface area is 167 Å². The van der Waals surface area contributed by atoms with E-state index in [4.69, 9.17) is 0 Å². The van der Waals surface area contributed by atoms with Crippen LogP contribution in [0.1, 0.15) is 26.3 Å². The van der Waals surface area contributed by atoms with E-state index in [2.05, 4.69) is 20.6 Å². The van der Waals surface area contributed by atoms with Crippen molar-refractivity contribution < 1.29 is 9.59 Å². The van der Waals surface area contributed by atoms with Crippen LogP contribution >= 0.6 is 0 Å². The van der Waals surface area contributed by atoms with Gasteiger partial charge in [-0.2, -0.15) is 0 Å². The van der Waals surface area contributed by atoms with Gasteiger partial charge in [0.15, 0.2) is 0 Å². The first-order valence-electron chi connectivity index (χ1n) is 9.08. The lowest BCUT2D eigenvalue weighted by Crippen LogP contribution is -2.16. The van der Waals surface area contributed by atoms with Crippen molar-refractivity contribution in [2.24, 2.45) is 0 Å². The molecule has 0 saturated heterocycles. The molecular formula is C23H18N4O2. The molecule has 2 aromatic carbocycles. The summed E-state index contributed by atoms with van der Waals surface area (Å²) in [5.41, 5.74) is 3.61. The molecule has 0 atom stereocenters. The van der Waals surface area contributed by atoms with Crippen molar-refractivity contribution in [2.75, 3.05) is 10.6 Å². The summed E-state index contributed by atoms with van der Waals surface area (Å²) < 4.78 is 0. The van der Waals surface area contributed by atoms with Crippen LogP contribution < -0.4 is 10.6 Å². The molecule has 142 valence electrons. The third-order valence-electron chi connectivity index (χ3n) is 4.42. The van der Waals surface area contributed by atoms with E-state index in [9.17, 15) is 9.59 Å². The summed E-state index contributed by atoms with van der Waals surface area (Å²) in [7, 11) is 0. The molecule has 6 heteroatoms. The monoisotopic (exact) mass is 382 g/mol. The number of hydrogen-bond donors (Lipinski definition) is 2. The number of hydrogen-bond acceptors (Lipinski definition) is 4. The minimum atomic E-state index is -0.360. The molecule has 4 aromatic rings. The zero-order valence-electron chi connectivity index (χ0n) is 15.7. The number of para-hydroxylation sites is 1. The fourth-order valence-electron chi connectivity index (χ4n) is 3.01. The Bertz CT molecular complexity index is 1210. The summed E-state index contributed by atoms with van der Waals surface area (Å²) in [6.07, 6.45) is 4.54. The van der Waals surface area contributed by atoms with Gasteiger partial charge in [-0.1, -0.05) is 30.3 Å². The molecule has 0 radical (unpaired) electrons. The highest BCUT2D eigenvalue weighted by atomic mass is 16.2. The average molecular weight is 382 g/mol. The van der Waals surface area contributed by atoms with E-state index in [0.29, 0.717) is 22.5 Å². The summed E-state index contributed by atoms with van der Waals surface area (Å²) >= 11 is 0. The van der Waals surface area contributed by atoms with Crippen molar-refractivity contribution in [1.29, 1.82) is 0 Å². The largest absolute Gasteiger partial charge is 0.322 e. The fourth-order valence-corrected chi connectivity index (χ4v) is 3.01. The molecule has 4 rings (SSSR count). The maximum Gasteiger partial charge on any atom is 0.257 e. The normalized spacial score (nSPS) is 10.5. The number of nitrogens with zero attached hydrogens (tertiary/aromatic N) is 2. The van der Waals surface area contributed by atoms with Crippen molar-refractivity contribution in [3.05, 3.63) is 95.9 Å². The van der Waals surface area contributed by atoms with Crippen LogP contribution in [-0.2, 0) is 0 Å². The van der Waals surface area contributed by atoms with Crippen LogP contribution in [0.2, 0.25) is 0 Å². The molecule has 0 unspecified atom stereocenters. The van der Waals surface area contributed by atoms with Crippen LogP contribution in [0.5, 0.6) is 0 Å². The molecule has 0 saturated carbocycles. The number of benzene rings is 2. The first kappa shape index (κ1) is 18.3. The number of fused-ring (bicyclic) bond motifs is 1. The maximum absolute atomic E-state index is 12.7. The quantitative estimate of drug-likeness (QED) is 0.546. The fraction of sp³-hybridized carbons (Fsp3) is 0.0435. The molecule has 29 heavy (non-hydrogen) atoms. The van der Waals surface area contributed by atoms with Gasteiger partial charge in [0.05, 0.1) is 22.3 Å². The number of nitrogens with one attached hydrogen (secondary N) is 2. The Hall–Kier alpha value is -4.06. The van der Waals surface area contributed by atoms with Gasteiger partial charge < -0.3 is 10.6 Å². The minimum Gasteiger partial charge on any atom is -0.322 e. The van der Waals surface area contributed by atoms with Crippen molar-refractivity contribution in [3.8, 4) is 0 Å². The van der Waals surface area contributed by atoms with Crippen molar-refractivity contribution in [1.82, 2.24) is 9.97 Å².